The van der Waals surface area contributed by atoms with Gasteiger partial charge in [0.15, 0.2) is 0 Å². The molecule has 1 aliphatic rings. The third kappa shape index (κ3) is 7.00. The molecule has 0 radical (unpaired) electrons. The van der Waals surface area contributed by atoms with Gasteiger partial charge in [-0.05, 0) is 79.3 Å². The maximum absolute atomic E-state index is 15.1. The lowest BCUT2D eigenvalue weighted by atomic mass is 9.88. The Balaban J connectivity index is 1.15. The van der Waals surface area contributed by atoms with Crippen molar-refractivity contribution in [2.24, 2.45) is 0 Å². The molecule has 3 N–H and O–H groups in total. The van der Waals surface area contributed by atoms with Crippen LogP contribution in [0.5, 0.6) is 0 Å². The van der Waals surface area contributed by atoms with E-state index in [1.165, 1.54) is 47.6 Å². The van der Waals surface area contributed by atoms with E-state index in [9.17, 15) is 23.5 Å². The fraction of sp³-hybridized carbons (Fsp3) is 0.286. The van der Waals surface area contributed by atoms with Crippen LogP contribution in [0.15, 0.2) is 67.3 Å². The van der Waals surface area contributed by atoms with Crippen molar-refractivity contribution in [2.75, 3.05) is 18.5 Å². The van der Waals surface area contributed by atoms with Crippen molar-refractivity contribution in [3.05, 3.63) is 118 Å². The third-order valence-electron chi connectivity index (χ3n) is 8.78. The molecule has 3 atom stereocenters. The highest BCUT2D eigenvalue weighted by atomic mass is 19.1. The number of H-pyrrole nitrogens is 1. The normalized spacial score (nSPS) is 17.0. The Morgan fingerprint density at radius 1 is 1.04 bits per heavy atom. The Hall–Kier alpha value is -5.30. The van der Waals surface area contributed by atoms with Crippen molar-refractivity contribution in [3.8, 4) is 0 Å². The monoisotopic (exact) mass is 658 g/mol. The van der Waals surface area contributed by atoms with E-state index in [-0.39, 0.29) is 49.2 Å². The fourth-order valence-electron chi connectivity index (χ4n) is 6.06. The smallest absolute Gasteiger partial charge is 0.408 e. The number of carbonyl (C=O) groups is 2. The van der Waals surface area contributed by atoms with Gasteiger partial charge in [0.1, 0.15) is 29.3 Å². The minimum Gasteiger partial charge on any atom is -0.465 e. The van der Waals surface area contributed by atoms with Gasteiger partial charge in [0, 0.05) is 24.1 Å². The average molecular weight is 659 g/mol. The standard InChI is InChI=1S/C35H33F3N6O4/c1-19-11-29-30(12-20(19)2)43-34(42-29)32-18-48-23(17-44(32)35(46)47)7-8-25-28(38)15-40-16-31(25)41-33(45)13-26(21-3-5-22(36)6-4-21)24-9-10-39-14-27(24)37/h3-6,9-12,14-16,23,26,32H,7-8,13,17-18H2,1-2H3,(H,41,45)(H,42,43)(H,46,47). The van der Waals surface area contributed by atoms with Crippen LogP contribution in [0.1, 0.15) is 58.4 Å². The number of morpholine rings is 1. The molecular formula is C35H33F3N6O4. The number of hydrogen-bond acceptors (Lipinski definition) is 6. The number of nitrogens with zero attached hydrogens (tertiary/aromatic N) is 4. The summed E-state index contributed by atoms with van der Waals surface area (Å²) in [6.45, 7) is 4.05. The zero-order valence-electron chi connectivity index (χ0n) is 26.2. The molecule has 1 saturated heterocycles. The lowest BCUT2D eigenvalue weighted by Gasteiger charge is -2.37. The fourth-order valence-corrected chi connectivity index (χ4v) is 6.06. The first-order chi connectivity index (χ1) is 23.1. The molecule has 1 aliphatic heterocycles. The molecule has 0 saturated carbocycles. The number of pyridine rings is 2. The average Bonchev–Trinajstić information content (AvgIpc) is 3.46. The highest BCUT2D eigenvalue weighted by Crippen LogP contribution is 2.32. The Labute approximate surface area is 274 Å². The van der Waals surface area contributed by atoms with Crippen LogP contribution < -0.4 is 5.32 Å². The highest BCUT2D eigenvalue weighted by Gasteiger charge is 2.35. The van der Waals surface area contributed by atoms with Gasteiger partial charge in [-0.1, -0.05) is 12.1 Å². The number of halogens is 3. The van der Waals surface area contributed by atoms with E-state index in [1.807, 2.05) is 26.0 Å². The number of carbonyl (C=O) groups excluding carboxylic acids is 1. The molecule has 48 heavy (non-hydrogen) atoms. The van der Waals surface area contributed by atoms with Crippen molar-refractivity contribution in [3.63, 3.8) is 0 Å². The summed E-state index contributed by atoms with van der Waals surface area (Å²) >= 11 is 0. The van der Waals surface area contributed by atoms with Crippen molar-refractivity contribution in [2.45, 2.75) is 51.2 Å². The largest absolute Gasteiger partial charge is 0.465 e. The maximum Gasteiger partial charge on any atom is 0.408 e. The second-order valence-electron chi connectivity index (χ2n) is 11.9. The number of nitrogens with one attached hydrogen (secondary N) is 2. The summed E-state index contributed by atoms with van der Waals surface area (Å²) in [5, 5.41) is 12.8. The topological polar surface area (TPSA) is 133 Å². The molecule has 4 heterocycles. The molecule has 0 bridgehead atoms. The van der Waals surface area contributed by atoms with Gasteiger partial charge in [0.05, 0.1) is 54.6 Å². The van der Waals surface area contributed by atoms with Gasteiger partial charge in [0.2, 0.25) is 5.91 Å². The zero-order valence-corrected chi connectivity index (χ0v) is 26.2. The van der Waals surface area contributed by atoms with E-state index in [4.69, 9.17) is 4.74 Å². The number of ether oxygens (including phenoxy) is 1. The summed E-state index contributed by atoms with van der Waals surface area (Å²) in [5.74, 6) is -2.59. The minimum atomic E-state index is -1.13. The van der Waals surface area contributed by atoms with Gasteiger partial charge in [-0.15, -0.1) is 0 Å². The molecule has 6 rings (SSSR count). The number of benzene rings is 2. The van der Waals surface area contributed by atoms with Gasteiger partial charge in [-0.25, -0.2) is 22.9 Å². The Morgan fingerprint density at radius 3 is 2.54 bits per heavy atom. The SMILES string of the molecule is Cc1cc2nc(C3COC(CCc4c(F)cncc4NC(=O)CC(c4ccc(F)cc4)c4ccncc4F)CN3C(=O)O)[nH]c2cc1C. The number of anilines is 1. The van der Waals surface area contributed by atoms with Gasteiger partial charge in [0.25, 0.3) is 0 Å². The van der Waals surface area contributed by atoms with Crippen LogP contribution in [0.2, 0.25) is 0 Å². The third-order valence-corrected chi connectivity index (χ3v) is 8.78. The first-order valence-electron chi connectivity index (χ1n) is 15.4. The van der Waals surface area contributed by atoms with Gasteiger partial charge >= 0.3 is 6.09 Å². The Bertz CT molecular complexity index is 1930. The van der Waals surface area contributed by atoms with Crippen LogP contribution in [0.4, 0.5) is 23.7 Å². The number of hydrogen-bond donors (Lipinski definition) is 3. The Kier molecular flexibility index (Phi) is 9.40. The van der Waals surface area contributed by atoms with Crippen molar-refractivity contribution >= 4 is 28.7 Å². The van der Waals surface area contributed by atoms with Crippen molar-refractivity contribution < 1.29 is 32.6 Å². The predicted molar refractivity (Wildman–Crippen MR) is 171 cm³/mol. The van der Waals surface area contributed by atoms with E-state index < -0.39 is 47.5 Å². The molecule has 0 spiro atoms. The molecular weight excluding hydrogens is 625 g/mol. The number of fused-ring (bicyclic) bond motifs is 1. The summed E-state index contributed by atoms with van der Waals surface area (Å²) in [5.41, 5.74) is 4.71. The van der Waals surface area contributed by atoms with Gasteiger partial charge < -0.3 is 20.1 Å². The van der Waals surface area contributed by atoms with Crippen LogP contribution in [-0.2, 0) is 16.0 Å². The van der Waals surface area contributed by atoms with Gasteiger partial charge in [-0.2, -0.15) is 0 Å². The maximum atomic E-state index is 15.1. The summed E-state index contributed by atoms with van der Waals surface area (Å²) in [6, 6.07) is 10.1. The van der Waals surface area contributed by atoms with E-state index in [1.54, 1.807) is 0 Å². The number of aryl methyl sites for hydroxylation is 2. The quantitative estimate of drug-likeness (QED) is 0.163. The number of aromatic amines is 1. The number of carboxylic acid groups (broad SMARTS) is 1. The number of imidazole rings is 1. The van der Waals surface area contributed by atoms with Gasteiger partial charge in [-0.3, -0.25) is 19.7 Å². The van der Waals surface area contributed by atoms with Crippen molar-refractivity contribution in [1.29, 1.82) is 0 Å². The lowest BCUT2D eigenvalue weighted by Crippen LogP contribution is -2.47. The van der Waals surface area contributed by atoms with E-state index in [0.29, 0.717) is 11.4 Å². The molecule has 1 fully saturated rings. The summed E-state index contributed by atoms with van der Waals surface area (Å²) in [7, 11) is 0. The number of rotatable bonds is 9. The summed E-state index contributed by atoms with van der Waals surface area (Å²) in [4.78, 5) is 42.4. The molecule has 0 aliphatic carbocycles. The molecule has 2 amide bonds. The molecule has 10 nitrogen and oxygen atoms in total. The first kappa shape index (κ1) is 32.6. The van der Waals surface area contributed by atoms with Crippen molar-refractivity contribution in [1.82, 2.24) is 24.8 Å². The minimum absolute atomic E-state index is 0.0281. The van der Waals surface area contributed by atoms with E-state index >= 15 is 4.39 Å². The predicted octanol–water partition coefficient (Wildman–Crippen LogP) is 6.60. The van der Waals surface area contributed by atoms with Crippen LogP contribution in [0.25, 0.3) is 11.0 Å². The van der Waals surface area contributed by atoms with Crippen LogP contribution >= 0.6 is 0 Å². The number of aromatic nitrogens is 4. The summed E-state index contributed by atoms with van der Waals surface area (Å²) in [6.07, 6.45) is 3.23. The molecule has 3 aromatic heterocycles. The van der Waals surface area contributed by atoms with E-state index in [0.717, 1.165) is 34.6 Å². The molecule has 248 valence electrons. The van der Waals surface area contributed by atoms with Crippen LogP contribution in [-0.4, -0.2) is 61.2 Å². The zero-order chi connectivity index (χ0) is 33.9. The van der Waals surface area contributed by atoms with Crippen LogP contribution in [0, 0.1) is 31.3 Å². The molecule has 3 unspecified atom stereocenters. The molecule has 13 heteroatoms. The molecule has 5 aromatic rings. The lowest BCUT2D eigenvalue weighted by molar-refractivity contribution is -0.116. The highest BCUT2D eigenvalue weighted by molar-refractivity contribution is 5.92. The molecule has 2 aromatic carbocycles. The summed E-state index contributed by atoms with van der Waals surface area (Å²) < 4.78 is 49.6. The Morgan fingerprint density at radius 2 is 1.79 bits per heavy atom. The second kappa shape index (κ2) is 13.8. The van der Waals surface area contributed by atoms with Crippen LogP contribution in [0.3, 0.4) is 0 Å². The first-order valence-corrected chi connectivity index (χ1v) is 15.4. The van der Waals surface area contributed by atoms with E-state index in [2.05, 4.69) is 25.3 Å². The number of amides is 2. The second-order valence-corrected chi connectivity index (χ2v) is 11.9.